The molecule has 0 aliphatic carbocycles. The molecule has 0 radical (unpaired) electrons. The Kier molecular flexibility index (Phi) is 5.65. The number of methoxy groups -OCH3 is 1. The maximum Gasteiger partial charge on any atom is 0.340 e. The van der Waals surface area contributed by atoms with Crippen molar-refractivity contribution in [2.45, 2.75) is 6.54 Å². The van der Waals surface area contributed by atoms with Crippen LogP contribution < -0.4 is 10.6 Å². The van der Waals surface area contributed by atoms with E-state index in [2.05, 4.69) is 15.7 Å². The summed E-state index contributed by atoms with van der Waals surface area (Å²) < 4.78 is 6.67. The number of aromatic nitrogens is 2. The number of hydrogen-bond donors (Lipinski definition) is 2. The molecule has 2 heterocycles. The van der Waals surface area contributed by atoms with Gasteiger partial charge in [-0.25, -0.2) is 4.79 Å². The first kappa shape index (κ1) is 18.1. The molecule has 26 heavy (non-hydrogen) atoms. The van der Waals surface area contributed by atoms with E-state index in [0.717, 1.165) is 16.1 Å². The van der Waals surface area contributed by atoms with Crippen molar-refractivity contribution in [1.29, 1.82) is 0 Å². The summed E-state index contributed by atoms with van der Waals surface area (Å²) in [6, 6.07) is 13.6. The van der Waals surface area contributed by atoms with Crippen LogP contribution in [0.25, 0.3) is 10.4 Å². The van der Waals surface area contributed by atoms with Crippen LogP contribution in [0.15, 0.2) is 48.7 Å². The highest BCUT2D eigenvalue weighted by Crippen LogP contribution is 2.35. The number of thiophene rings is 1. The van der Waals surface area contributed by atoms with E-state index in [9.17, 15) is 4.79 Å². The number of esters is 1. The third-order valence-electron chi connectivity index (χ3n) is 3.78. The van der Waals surface area contributed by atoms with Crippen molar-refractivity contribution >= 4 is 39.6 Å². The molecule has 2 aromatic heterocycles. The topological polar surface area (TPSA) is 68.2 Å². The second-order valence-electron chi connectivity index (χ2n) is 5.46. The molecular weight excluding hydrogens is 368 g/mol. The first-order valence-electron chi connectivity index (χ1n) is 7.88. The van der Waals surface area contributed by atoms with Crippen molar-refractivity contribution in [1.82, 2.24) is 15.1 Å². The van der Waals surface area contributed by atoms with Gasteiger partial charge in [-0.15, -0.1) is 11.3 Å². The summed E-state index contributed by atoms with van der Waals surface area (Å²) in [5.41, 5.74) is 2.49. The van der Waals surface area contributed by atoms with Crippen LogP contribution in [0, 0.1) is 0 Å². The number of carbonyl (C=O) groups excluding carboxylic acids is 1. The van der Waals surface area contributed by atoms with E-state index in [1.165, 1.54) is 18.4 Å². The molecular formula is C18H18N4O2S2. The van der Waals surface area contributed by atoms with Crippen molar-refractivity contribution in [3.63, 3.8) is 0 Å². The summed E-state index contributed by atoms with van der Waals surface area (Å²) in [5, 5.41) is 11.4. The summed E-state index contributed by atoms with van der Waals surface area (Å²) in [6.07, 6.45) is 1.73. The van der Waals surface area contributed by atoms with Gasteiger partial charge in [0.2, 0.25) is 0 Å². The number of nitrogens with zero attached hydrogens (tertiary/aromatic N) is 2. The van der Waals surface area contributed by atoms with Gasteiger partial charge in [0, 0.05) is 18.1 Å². The highest BCUT2D eigenvalue weighted by atomic mass is 32.1. The highest BCUT2D eigenvalue weighted by molar-refractivity contribution is 7.80. The van der Waals surface area contributed by atoms with E-state index in [4.69, 9.17) is 17.0 Å². The highest BCUT2D eigenvalue weighted by Gasteiger charge is 2.18. The molecule has 8 heteroatoms. The van der Waals surface area contributed by atoms with E-state index in [1.807, 2.05) is 49.5 Å². The Morgan fingerprint density at radius 1 is 1.31 bits per heavy atom. The number of rotatable bonds is 5. The number of anilines is 1. The number of hydrogen-bond acceptors (Lipinski definition) is 5. The van der Waals surface area contributed by atoms with Gasteiger partial charge in [0.25, 0.3) is 0 Å². The lowest BCUT2D eigenvalue weighted by atomic mass is 10.1. The zero-order chi connectivity index (χ0) is 18.5. The molecule has 6 nitrogen and oxygen atoms in total. The van der Waals surface area contributed by atoms with Crippen LogP contribution >= 0.6 is 23.6 Å². The minimum absolute atomic E-state index is 0.402. The van der Waals surface area contributed by atoms with Gasteiger partial charge in [-0.3, -0.25) is 4.68 Å². The number of carbonyl (C=O) groups is 1. The fourth-order valence-corrected chi connectivity index (χ4v) is 3.68. The number of ether oxygens (including phenoxy) is 1. The Morgan fingerprint density at radius 3 is 2.73 bits per heavy atom. The summed E-state index contributed by atoms with van der Waals surface area (Å²) in [7, 11) is 3.24. The standard InChI is InChI=1S/C18H18N4O2S2/c1-22-13(8-9-20-22)11-19-18(25)21-16-14(17(23)24-2)10-15(26-16)12-6-4-3-5-7-12/h3-10H,11H2,1-2H3,(H2,19,21,25). The molecule has 0 fully saturated rings. The van der Waals surface area contributed by atoms with E-state index in [-0.39, 0.29) is 0 Å². The van der Waals surface area contributed by atoms with Gasteiger partial charge in [0.05, 0.1) is 24.9 Å². The van der Waals surface area contributed by atoms with Gasteiger partial charge < -0.3 is 15.4 Å². The van der Waals surface area contributed by atoms with Crippen molar-refractivity contribution < 1.29 is 9.53 Å². The van der Waals surface area contributed by atoms with Gasteiger partial charge in [0.15, 0.2) is 5.11 Å². The summed E-state index contributed by atoms with van der Waals surface area (Å²) >= 11 is 6.82. The lowest BCUT2D eigenvalue weighted by Crippen LogP contribution is -2.29. The molecule has 0 aliphatic rings. The molecule has 0 spiro atoms. The number of aryl methyl sites for hydroxylation is 1. The molecule has 0 saturated heterocycles. The first-order chi connectivity index (χ1) is 12.6. The molecule has 134 valence electrons. The van der Waals surface area contributed by atoms with Gasteiger partial charge >= 0.3 is 5.97 Å². The van der Waals surface area contributed by atoms with Crippen molar-refractivity contribution in [3.8, 4) is 10.4 Å². The minimum Gasteiger partial charge on any atom is -0.465 e. The van der Waals surface area contributed by atoms with Crippen LogP contribution in [0.1, 0.15) is 16.1 Å². The molecule has 0 bridgehead atoms. The van der Waals surface area contributed by atoms with Crippen molar-refractivity contribution in [2.75, 3.05) is 12.4 Å². The van der Waals surface area contributed by atoms with E-state index < -0.39 is 5.97 Å². The van der Waals surface area contributed by atoms with Gasteiger partial charge in [0.1, 0.15) is 5.00 Å². The fourth-order valence-electron chi connectivity index (χ4n) is 2.38. The van der Waals surface area contributed by atoms with Crippen LogP contribution in [0.5, 0.6) is 0 Å². The quantitative estimate of drug-likeness (QED) is 0.517. The maximum absolute atomic E-state index is 12.1. The second kappa shape index (κ2) is 8.11. The lowest BCUT2D eigenvalue weighted by Gasteiger charge is -2.10. The van der Waals surface area contributed by atoms with Crippen LogP contribution in [0.2, 0.25) is 0 Å². The number of nitrogens with one attached hydrogen (secondary N) is 2. The third kappa shape index (κ3) is 4.09. The Labute approximate surface area is 160 Å². The molecule has 0 aliphatic heterocycles. The molecule has 2 N–H and O–H groups in total. The van der Waals surface area contributed by atoms with Gasteiger partial charge in [-0.2, -0.15) is 5.10 Å². The Morgan fingerprint density at radius 2 is 2.08 bits per heavy atom. The van der Waals surface area contributed by atoms with Crippen molar-refractivity contribution in [2.24, 2.45) is 7.05 Å². The number of benzene rings is 1. The van der Waals surface area contributed by atoms with E-state index in [1.54, 1.807) is 10.9 Å². The zero-order valence-electron chi connectivity index (χ0n) is 14.4. The van der Waals surface area contributed by atoms with Crippen LogP contribution in [-0.4, -0.2) is 28.0 Å². The van der Waals surface area contributed by atoms with Gasteiger partial charge in [-0.05, 0) is 29.9 Å². The van der Waals surface area contributed by atoms with Crippen molar-refractivity contribution in [3.05, 3.63) is 59.9 Å². The summed E-state index contributed by atoms with van der Waals surface area (Å²) in [5.74, 6) is -0.402. The Hall–Kier alpha value is -2.71. The predicted molar refractivity (Wildman–Crippen MR) is 107 cm³/mol. The second-order valence-corrected chi connectivity index (χ2v) is 6.93. The Balaban J connectivity index is 1.77. The summed E-state index contributed by atoms with van der Waals surface area (Å²) in [4.78, 5) is 13.1. The van der Waals surface area contributed by atoms with Crippen LogP contribution in [0.3, 0.4) is 0 Å². The average Bonchev–Trinajstić information content (AvgIpc) is 3.26. The van der Waals surface area contributed by atoms with Crippen LogP contribution in [0.4, 0.5) is 5.00 Å². The molecule has 1 aromatic carbocycles. The lowest BCUT2D eigenvalue weighted by molar-refractivity contribution is 0.0602. The molecule has 0 unspecified atom stereocenters. The molecule has 3 rings (SSSR count). The Bertz CT molecular complexity index is 918. The molecule has 0 atom stereocenters. The zero-order valence-corrected chi connectivity index (χ0v) is 16.0. The molecule has 0 saturated carbocycles. The smallest absolute Gasteiger partial charge is 0.340 e. The largest absolute Gasteiger partial charge is 0.465 e. The average molecular weight is 387 g/mol. The van der Waals surface area contributed by atoms with Crippen LogP contribution in [-0.2, 0) is 18.3 Å². The minimum atomic E-state index is -0.402. The predicted octanol–water partition coefficient (Wildman–Crippen LogP) is 3.42. The van der Waals surface area contributed by atoms with E-state index >= 15 is 0 Å². The van der Waals surface area contributed by atoms with E-state index in [0.29, 0.717) is 22.2 Å². The molecule has 0 amide bonds. The fraction of sp³-hybridized carbons (Fsp3) is 0.167. The van der Waals surface area contributed by atoms with Gasteiger partial charge in [-0.1, -0.05) is 30.3 Å². The number of thiocarbonyl (C=S) groups is 1. The normalized spacial score (nSPS) is 10.4. The molecule has 3 aromatic rings. The third-order valence-corrected chi connectivity index (χ3v) is 5.12. The summed E-state index contributed by atoms with van der Waals surface area (Å²) in [6.45, 7) is 0.535. The monoisotopic (exact) mass is 386 g/mol. The maximum atomic E-state index is 12.1. The first-order valence-corrected chi connectivity index (χ1v) is 9.10. The SMILES string of the molecule is COC(=O)c1cc(-c2ccccc2)sc1NC(=S)NCc1ccnn1C.